The SMILES string of the molecule is CC(Cl)C(=O)N1CCN(S(=O)(=O)N(C)C)CC1. The van der Waals surface area contributed by atoms with Crippen LogP contribution in [0.15, 0.2) is 0 Å². The molecule has 0 bridgehead atoms. The molecule has 1 aliphatic rings. The van der Waals surface area contributed by atoms with Crippen LogP contribution in [0.1, 0.15) is 6.92 Å². The van der Waals surface area contributed by atoms with Crippen LogP contribution >= 0.6 is 11.6 Å². The highest BCUT2D eigenvalue weighted by atomic mass is 35.5. The number of piperazine rings is 1. The smallest absolute Gasteiger partial charge is 0.281 e. The molecule has 0 N–H and O–H groups in total. The van der Waals surface area contributed by atoms with Crippen molar-refractivity contribution in [3.05, 3.63) is 0 Å². The third-order valence-corrected chi connectivity index (χ3v) is 4.81. The Labute approximate surface area is 107 Å². The highest BCUT2D eigenvalue weighted by Gasteiger charge is 2.30. The van der Waals surface area contributed by atoms with E-state index in [4.69, 9.17) is 11.6 Å². The Kier molecular flexibility index (Phi) is 4.77. The lowest BCUT2D eigenvalue weighted by Crippen LogP contribution is -2.54. The maximum Gasteiger partial charge on any atom is 0.281 e. The molecule has 1 fully saturated rings. The third kappa shape index (κ3) is 3.31. The van der Waals surface area contributed by atoms with E-state index in [9.17, 15) is 13.2 Å². The van der Waals surface area contributed by atoms with Crippen LogP contribution in [0.25, 0.3) is 0 Å². The summed E-state index contributed by atoms with van der Waals surface area (Å²) in [5, 5.41) is -0.563. The van der Waals surface area contributed by atoms with Crippen molar-refractivity contribution in [2.24, 2.45) is 0 Å². The van der Waals surface area contributed by atoms with Gasteiger partial charge in [-0.2, -0.15) is 17.0 Å². The van der Waals surface area contributed by atoms with Crippen molar-refractivity contribution in [1.29, 1.82) is 0 Å². The first-order valence-corrected chi connectivity index (χ1v) is 7.20. The van der Waals surface area contributed by atoms with E-state index in [1.54, 1.807) is 11.8 Å². The first kappa shape index (κ1) is 14.7. The van der Waals surface area contributed by atoms with E-state index in [-0.39, 0.29) is 5.91 Å². The zero-order valence-electron chi connectivity index (χ0n) is 10.3. The quantitative estimate of drug-likeness (QED) is 0.660. The highest BCUT2D eigenvalue weighted by Crippen LogP contribution is 2.11. The van der Waals surface area contributed by atoms with Gasteiger partial charge in [-0.25, -0.2) is 0 Å². The Morgan fingerprint density at radius 2 is 1.71 bits per heavy atom. The highest BCUT2D eigenvalue weighted by molar-refractivity contribution is 7.86. The lowest BCUT2D eigenvalue weighted by Gasteiger charge is -2.35. The van der Waals surface area contributed by atoms with E-state index < -0.39 is 15.6 Å². The summed E-state index contributed by atoms with van der Waals surface area (Å²) in [4.78, 5) is 13.2. The van der Waals surface area contributed by atoms with Crippen molar-refractivity contribution in [3.8, 4) is 0 Å². The number of hydrogen-bond donors (Lipinski definition) is 0. The minimum absolute atomic E-state index is 0.145. The first-order chi connectivity index (χ1) is 7.76. The molecule has 100 valence electrons. The molecule has 1 saturated heterocycles. The van der Waals surface area contributed by atoms with Crippen molar-refractivity contribution >= 4 is 27.7 Å². The number of hydrogen-bond acceptors (Lipinski definition) is 3. The Morgan fingerprint density at radius 3 is 2.06 bits per heavy atom. The molecule has 0 aromatic rings. The number of rotatable bonds is 3. The molecule has 0 radical (unpaired) electrons. The minimum Gasteiger partial charge on any atom is -0.339 e. The first-order valence-electron chi connectivity index (χ1n) is 5.37. The summed E-state index contributed by atoms with van der Waals surface area (Å²) in [7, 11) is -0.386. The molecule has 1 heterocycles. The molecule has 0 saturated carbocycles. The second-order valence-electron chi connectivity index (χ2n) is 4.13. The summed E-state index contributed by atoms with van der Waals surface area (Å²) in [6, 6.07) is 0. The number of carbonyl (C=O) groups excluding carboxylic acids is 1. The fraction of sp³-hybridized carbons (Fsp3) is 0.889. The lowest BCUT2D eigenvalue weighted by molar-refractivity contribution is -0.131. The van der Waals surface area contributed by atoms with Gasteiger partial charge < -0.3 is 4.90 Å². The van der Waals surface area contributed by atoms with Gasteiger partial charge in [-0.05, 0) is 6.92 Å². The Morgan fingerprint density at radius 1 is 1.24 bits per heavy atom. The molecule has 0 aromatic carbocycles. The summed E-state index contributed by atoms with van der Waals surface area (Å²) < 4.78 is 26.2. The van der Waals surface area contributed by atoms with Crippen LogP contribution < -0.4 is 0 Å². The van der Waals surface area contributed by atoms with Gasteiger partial charge in [-0.3, -0.25) is 4.79 Å². The standard InChI is InChI=1S/C9H18ClN3O3S/c1-8(10)9(14)12-4-6-13(7-5-12)17(15,16)11(2)3/h8H,4-7H2,1-3H3. The van der Waals surface area contributed by atoms with Gasteiger partial charge in [0.15, 0.2) is 0 Å². The summed E-state index contributed by atoms with van der Waals surface area (Å²) in [6.45, 7) is 3.03. The Balaban J connectivity index is 2.61. The second-order valence-corrected chi connectivity index (χ2v) is 6.93. The monoisotopic (exact) mass is 283 g/mol. The van der Waals surface area contributed by atoms with E-state index in [1.165, 1.54) is 22.7 Å². The van der Waals surface area contributed by atoms with Crippen molar-refractivity contribution in [2.45, 2.75) is 12.3 Å². The Hall–Kier alpha value is -0.370. The molecule has 1 amide bonds. The molecule has 0 aromatic heterocycles. The number of alkyl halides is 1. The zero-order valence-corrected chi connectivity index (χ0v) is 11.8. The van der Waals surface area contributed by atoms with Crippen molar-refractivity contribution < 1.29 is 13.2 Å². The molecular weight excluding hydrogens is 266 g/mol. The summed E-state index contributed by atoms with van der Waals surface area (Å²) in [5.74, 6) is -0.145. The van der Waals surface area contributed by atoms with Gasteiger partial charge >= 0.3 is 0 Å². The number of nitrogens with zero attached hydrogens (tertiary/aromatic N) is 3. The van der Waals surface area contributed by atoms with Crippen LogP contribution in [0.5, 0.6) is 0 Å². The second kappa shape index (κ2) is 5.51. The molecule has 8 heteroatoms. The van der Waals surface area contributed by atoms with Crippen LogP contribution in [0.3, 0.4) is 0 Å². The predicted octanol–water partition coefficient (Wildman–Crippen LogP) is -0.436. The van der Waals surface area contributed by atoms with Gasteiger partial charge in [0.05, 0.1) is 0 Å². The zero-order chi connectivity index (χ0) is 13.2. The fourth-order valence-corrected chi connectivity index (χ4v) is 2.85. The molecule has 17 heavy (non-hydrogen) atoms. The molecule has 1 rings (SSSR count). The van der Waals surface area contributed by atoms with Crippen molar-refractivity contribution in [1.82, 2.24) is 13.5 Å². The normalized spacial score (nSPS) is 20.6. The van der Waals surface area contributed by atoms with Gasteiger partial charge in [0, 0.05) is 40.3 Å². The van der Waals surface area contributed by atoms with E-state index in [0.29, 0.717) is 26.2 Å². The largest absolute Gasteiger partial charge is 0.339 e. The van der Waals surface area contributed by atoms with Crippen LogP contribution in [0, 0.1) is 0 Å². The van der Waals surface area contributed by atoms with Crippen LogP contribution in [-0.2, 0) is 15.0 Å². The van der Waals surface area contributed by atoms with Gasteiger partial charge in [0.1, 0.15) is 5.38 Å². The molecule has 0 spiro atoms. The van der Waals surface area contributed by atoms with E-state index in [2.05, 4.69) is 0 Å². The van der Waals surface area contributed by atoms with Gasteiger partial charge in [-0.15, -0.1) is 11.6 Å². The third-order valence-electron chi connectivity index (χ3n) is 2.68. The molecule has 1 unspecified atom stereocenters. The van der Waals surface area contributed by atoms with Crippen LogP contribution in [0.2, 0.25) is 0 Å². The molecule has 0 aliphatic carbocycles. The Bertz CT molecular complexity index is 375. The number of carbonyl (C=O) groups is 1. The van der Waals surface area contributed by atoms with E-state index in [1.807, 2.05) is 0 Å². The van der Waals surface area contributed by atoms with Crippen molar-refractivity contribution in [2.75, 3.05) is 40.3 Å². The molecular formula is C9H18ClN3O3S. The average Bonchev–Trinajstić information content (AvgIpc) is 2.27. The summed E-state index contributed by atoms with van der Waals surface area (Å²) >= 11 is 5.71. The van der Waals surface area contributed by atoms with Gasteiger partial charge in [-0.1, -0.05) is 0 Å². The molecule has 1 atom stereocenters. The van der Waals surface area contributed by atoms with Crippen LogP contribution in [0.4, 0.5) is 0 Å². The average molecular weight is 284 g/mol. The van der Waals surface area contributed by atoms with Gasteiger partial charge in [0.2, 0.25) is 5.91 Å². The number of amides is 1. The topological polar surface area (TPSA) is 60.9 Å². The van der Waals surface area contributed by atoms with E-state index >= 15 is 0 Å². The van der Waals surface area contributed by atoms with Gasteiger partial charge in [0.25, 0.3) is 10.2 Å². The minimum atomic E-state index is -3.37. The fourth-order valence-electron chi connectivity index (χ4n) is 1.62. The summed E-state index contributed by atoms with van der Waals surface area (Å²) in [6.07, 6.45) is 0. The molecule has 1 aliphatic heterocycles. The molecule has 6 nitrogen and oxygen atoms in total. The predicted molar refractivity (Wildman–Crippen MR) is 66.1 cm³/mol. The maximum absolute atomic E-state index is 11.8. The maximum atomic E-state index is 11.8. The van der Waals surface area contributed by atoms with Crippen LogP contribution in [-0.4, -0.2) is 73.5 Å². The number of halogens is 1. The summed E-state index contributed by atoms with van der Waals surface area (Å²) in [5.41, 5.74) is 0. The van der Waals surface area contributed by atoms with Crippen molar-refractivity contribution in [3.63, 3.8) is 0 Å². The lowest BCUT2D eigenvalue weighted by atomic mass is 10.3. The van der Waals surface area contributed by atoms with E-state index in [0.717, 1.165) is 0 Å².